The Bertz CT molecular complexity index is 838. The molecule has 1 heterocycles. The van der Waals surface area contributed by atoms with Crippen molar-refractivity contribution in [3.05, 3.63) is 65.4 Å². The number of aromatic hydroxyl groups is 1. The SMILES string of the molecule is Cc1ccc(O)c2nc(C=Cc3ccccc3N)ccc12. The minimum absolute atomic E-state index is 0.199. The number of pyridine rings is 1. The first-order chi connectivity index (χ1) is 10.1. The van der Waals surface area contributed by atoms with Crippen molar-refractivity contribution in [2.45, 2.75) is 6.92 Å². The molecule has 3 nitrogen and oxygen atoms in total. The summed E-state index contributed by atoms with van der Waals surface area (Å²) in [5.74, 6) is 0.199. The van der Waals surface area contributed by atoms with Crippen LogP contribution in [0, 0.1) is 6.92 Å². The minimum atomic E-state index is 0.199. The van der Waals surface area contributed by atoms with E-state index in [9.17, 15) is 5.11 Å². The van der Waals surface area contributed by atoms with Crippen LogP contribution in [0.25, 0.3) is 23.1 Å². The molecule has 0 aliphatic rings. The highest BCUT2D eigenvalue weighted by Crippen LogP contribution is 2.26. The number of rotatable bonds is 2. The van der Waals surface area contributed by atoms with Crippen LogP contribution in [0.4, 0.5) is 5.69 Å². The van der Waals surface area contributed by atoms with Crippen molar-refractivity contribution >= 4 is 28.7 Å². The summed E-state index contributed by atoms with van der Waals surface area (Å²) >= 11 is 0. The van der Waals surface area contributed by atoms with Gasteiger partial charge in [0.2, 0.25) is 0 Å². The van der Waals surface area contributed by atoms with E-state index in [-0.39, 0.29) is 5.75 Å². The number of hydrogen-bond donors (Lipinski definition) is 2. The fourth-order valence-electron chi connectivity index (χ4n) is 2.29. The maximum absolute atomic E-state index is 9.94. The number of fused-ring (bicyclic) bond motifs is 1. The van der Waals surface area contributed by atoms with Crippen LogP contribution in [-0.2, 0) is 0 Å². The van der Waals surface area contributed by atoms with Gasteiger partial charge in [-0.15, -0.1) is 0 Å². The number of phenols is 1. The molecule has 0 radical (unpaired) electrons. The molecule has 2 aromatic carbocycles. The molecule has 0 saturated heterocycles. The Kier molecular flexibility index (Phi) is 3.32. The van der Waals surface area contributed by atoms with E-state index in [2.05, 4.69) is 4.98 Å². The van der Waals surface area contributed by atoms with Crippen molar-refractivity contribution in [3.63, 3.8) is 0 Å². The summed E-state index contributed by atoms with van der Waals surface area (Å²) in [6.45, 7) is 2.00. The smallest absolute Gasteiger partial charge is 0.141 e. The number of para-hydroxylation sites is 1. The normalized spacial score (nSPS) is 11.3. The lowest BCUT2D eigenvalue weighted by molar-refractivity contribution is 0.480. The highest BCUT2D eigenvalue weighted by atomic mass is 16.3. The number of nitrogens with zero attached hydrogens (tertiary/aromatic N) is 1. The van der Waals surface area contributed by atoms with Crippen molar-refractivity contribution in [2.24, 2.45) is 0 Å². The number of anilines is 1. The van der Waals surface area contributed by atoms with Gasteiger partial charge in [0.25, 0.3) is 0 Å². The van der Waals surface area contributed by atoms with Crippen LogP contribution in [0.3, 0.4) is 0 Å². The van der Waals surface area contributed by atoms with Crippen molar-refractivity contribution in [3.8, 4) is 5.75 Å². The zero-order valence-electron chi connectivity index (χ0n) is 11.7. The molecule has 0 bridgehead atoms. The average molecular weight is 276 g/mol. The Morgan fingerprint density at radius 2 is 1.81 bits per heavy atom. The molecule has 0 atom stereocenters. The lowest BCUT2D eigenvalue weighted by atomic mass is 10.1. The summed E-state index contributed by atoms with van der Waals surface area (Å²) in [5, 5.41) is 10.9. The fourth-order valence-corrected chi connectivity index (χ4v) is 2.29. The largest absolute Gasteiger partial charge is 0.506 e. The molecule has 3 rings (SSSR count). The third kappa shape index (κ3) is 2.58. The van der Waals surface area contributed by atoms with Gasteiger partial charge >= 0.3 is 0 Å². The third-order valence-electron chi connectivity index (χ3n) is 3.51. The Hall–Kier alpha value is -2.81. The zero-order chi connectivity index (χ0) is 14.8. The maximum Gasteiger partial charge on any atom is 0.141 e. The Balaban J connectivity index is 2.02. The molecule has 0 fully saturated rings. The number of aromatic nitrogens is 1. The van der Waals surface area contributed by atoms with E-state index in [1.54, 1.807) is 6.07 Å². The van der Waals surface area contributed by atoms with E-state index in [4.69, 9.17) is 5.73 Å². The lowest BCUT2D eigenvalue weighted by Crippen LogP contribution is -1.88. The molecule has 0 amide bonds. The zero-order valence-corrected chi connectivity index (χ0v) is 11.7. The Morgan fingerprint density at radius 1 is 1.00 bits per heavy atom. The van der Waals surface area contributed by atoms with Crippen molar-refractivity contribution in [2.75, 3.05) is 5.73 Å². The summed E-state index contributed by atoms with van der Waals surface area (Å²) in [7, 11) is 0. The van der Waals surface area contributed by atoms with Crippen LogP contribution in [0.5, 0.6) is 5.75 Å². The van der Waals surface area contributed by atoms with E-state index < -0.39 is 0 Å². The summed E-state index contributed by atoms with van der Waals surface area (Å²) in [6, 6.07) is 15.1. The van der Waals surface area contributed by atoms with Gasteiger partial charge in [-0.1, -0.05) is 36.4 Å². The van der Waals surface area contributed by atoms with Crippen LogP contribution in [0.15, 0.2) is 48.5 Å². The highest BCUT2D eigenvalue weighted by Gasteiger charge is 2.04. The van der Waals surface area contributed by atoms with E-state index in [0.717, 1.165) is 27.9 Å². The summed E-state index contributed by atoms with van der Waals surface area (Å²) in [5.41, 5.74) is 10.1. The monoisotopic (exact) mass is 276 g/mol. The molecular weight excluding hydrogens is 260 g/mol. The van der Waals surface area contributed by atoms with E-state index in [1.165, 1.54) is 0 Å². The number of nitrogen functional groups attached to an aromatic ring is 1. The van der Waals surface area contributed by atoms with Gasteiger partial charge in [-0.2, -0.15) is 0 Å². The number of aryl methyl sites for hydroxylation is 1. The first kappa shape index (κ1) is 13.2. The van der Waals surface area contributed by atoms with Gasteiger partial charge in [-0.3, -0.25) is 0 Å². The van der Waals surface area contributed by atoms with Crippen molar-refractivity contribution < 1.29 is 5.11 Å². The Morgan fingerprint density at radius 3 is 2.62 bits per heavy atom. The number of nitrogens with two attached hydrogens (primary N) is 1. The standard InChI is InChI=1S/C18H16N2O/c1-12-6-11-17(21)18-15(12)10-9-14(20-18)8-7-13-4-2-3-5-16(13)19/h2-11,21H,19H2,1H3. The summed E-state index contributed by atoms with van der Waals surface area (Å²) in [4.78, 5) is 4.50. The molecule has 104 valence electrons. The molecule has 0 unspecified atom stereocenters. The second kappa shape index (κ2) is 5.29. The molecular formula is C18H16N2O. The summed E-state index contributed by atoms with van der Waals surface area (Å²) in [6.07, 6.45) is 3.82. The molecule has 0 aliphatic heterocycles. The first-order valence-corrected chi connectivity index (χ1v) is 6.77. The van der Waals surface area contributed by atoms with Crippen molar-refractivity contribution in [1.29, 1.82) is 0 Å². The predicted octanol–water partition coefficient (Wildman–Crippen LogP) is 4.00. The van der Waals surface area contributed by atoms with Gasteiger partial charge in [0, 0.05) is 11.1 Å². The van der Waals surface area contributed by atoms with Crippen LogP contribution in [0.2, 0.25) is 0 Å². The van der Waals surface area contributed by atoms with Gasteiger partial charge in [0.1, 0.15) is 11.3 Å². The molecule has 3 aromatic rings. The first-order valence-electron chi connectivity index (χ1n) is 6.77. The predicted molar refractivity (Wildman–Crippen MR) is 87.9 cm³/mol. The number of benzene rings is 2. The molecule has 1 aromatic heterocycles. The molecule has 3 heteroatoms. The van der Waals surface area contributed by atoms with E-state index in [1.807, 2.05) is 61.5 Å². The lowest BCUT2D eigenvalue weighted by Gasteiger charge is -2.05. The van der Waals surface area contributed by atoms with Gasteiger partial charge < -0.3 is 10.8 Å². The van der Waals surface area contributed by atoms with Crippen LogP contribution >= 0.6 is 0 Å². The average Bonchev–Trinajstić information content (AvgIpc) is 2.50. The van der Waals surface area contributed by atoms with Gasteiger partial charge in [-0.25, -0.2) is 4.98 Å². The van der Waals surface area contributed by atoms with Crippen LogP contribution in [0.1, 0.15) is 16.8 Å². The number of hydrogen-bond acceptors (Lipinski definition) is 3. The van der Waals surface area contributed by atoms with Gasteiger partial charge in [0.05, 0.1) is 5.69 Å². The van der Waals surface area contributed by atoms with Crippen LogP contribution < -0.4 is 5.73 Å². The Labute approximate surface area is 123 Å². The second-order valence-corrected chi connectivity index (χ2v) is 5.00. The topological polar surface area (TPSA) is 59.1 Å². The van der Waals surface area contributed by atoms with E-state index in [0.29, 0.717) is 5.52 Å². The molecule has 21 heavy (non-hydrogen) atoms. The molecule has 0 saturated carbocycles. The highest BCUT2D eigenvalue weighted by molar-refractivity contribution is 5.88. The van der Waals surface area contributed by atoms with Crippen molar-refractivity contribution in [1.82, 2.24) is 4.98 Å². The summed E-state index contributed by atoms with van der Waals surface area (Å²) < 4.78 is 0. The van der Waals surface area contributed by atoms with E-state index >= 15 is 0 Å². The van der Waals surface area contributed by atoms with Crippen LogP contribution in [-0.4, -0.2) is 10.1 Å². The fraction of sp³-hybridized carbons (Fsp3) is 0.0556. The number of phenolic OH excluding ortho intramolecular Hbond substituents is 1. The van der Waals surface area contributed by atoms with Gasteiger partial charge in [0.15, 0.2) is 0 Å². The second-order valence-electron chi connectivity index (χ2n) is 5.00. The maximum atomic E-state index is 9.94. The quantitative estimate of drug-likeness (QED) is 0.695. The minimum Gasteiger partial charge on any atom is -0.506 e. The molecule has 3 N–H and O–H groups in total. The molecule has 0 aliphatic carbocycles. The van der Waals surface area contributed by atoms with Gasteiger partial charge in [-0.05, 0) is 42.3 Å². The molecule has 0 spiro atoms. The third-order valence-corrected chi connectivity index (χ3v) is 3.51.